The molecular formula is C20H24FN5O2. The standard InChI is InChI=1S/C20H24FN5O2/c1-12-7-23-20(24-19(12)22)25-8-14-9-26(17(27)11-28-2)18(16(14)10-25)13-4-3-5-15(21)6-13/h3-7,14,16,18H,8-11H2,1-2H3,(H2,22,23,24)/t14-,16-,18+/m1/s1. The Labute approximate surface area is 163 Å². The van der Waals surface area contributed by atoms with Crippen LogP contribution in [0.15, 0.2) is 30.5 Å². The van der Waals surface area contributed by atoms with Gasteiger partial charge in [-0.05, 0) is 24.6 Å². The minimum absolute atomic E-state index is 0.0204. The molecule has 3 heterocycles. The maximum atomic E-state index is 13.9. The van der Waals surface area contributed by atoms with E-state index in [0.717, 1.165) is 17.7 Å². The third kappa shape index (κ3) is 3.28. The molecule has 8 heteroatoms. The number of nitrogens with zero attached hydrogens (tertiary/aromatic N) is 4. The molecule has 0 aliphatic carbocycles. The van der Waals surface area contributed by atoms with E-state index in [1.807, 2.05) is 17.9 Å². The Morgan fingerprint density at radius 1 is 1.36 bits per heavy atom. The second-order valence-electron chi connectivity index (χ2n) is 7.55. The highest BCUT2D eigenvalue weighted by molar-refractivity contribution is 5.78. The molecule has 4 rings (SSSR count). The summed E-state index contributed by atoms with van der Waals surface area (Å²) in [6, 6.07) is 6.31. The number of aryl methyl sites for hydroxylation is 1. The average molecular weight is 385 g/mol. The van der Waals surface area contributed by atoms with Gasteiger partial charge in [-0.3, -0.25) is 4.79 Å². The largest absolute Gasteiger partial charge is 0.383 e. The molecule has 148 valence electrons. The van der Waals surface area contributed by atoms with Crippen LogP contribution >= 0.6 is 0 Å². The van der Waals surface area contributed by atoms with Crippen LogP contribution in [0.4, 0.5) is 16.2 Å². The van der Waals surface area contributed by atoms with Crippen molar-refractivity contribution in [2.45, 2.75) is 13.0 Å². The lowest BCUT2D eigenvalue weighted by Gasteiger charge is -2.30. The van der Waals surface area contributed by atoms with Crippen LogP contribution in [0.5, 0.6) is 0 Å². The second kappa shape index (κ2) is 7.35. The number of fused-ring (bicyclic) bond motifs is 1. The first-order valence-corrected chi connectivity index (χ1v) is 9.36. The van der Waals surface area contributed by atoms with Gasteiger partial charge >= 0.3 is 0 Å². The fourth-order valence-corrected chi connectivity index (χ4v) is 4.39. The quantitative estimate of drug-likeness (QED) is 0.864. The number of methoxy groups -OCH3 is 1. The number of rotatable bonds is 4. The lowest BCUT2D eigenvalue weighted by atomic mass is 9.89. The van der Waals surface area contributed by atoms with Crippen molar-refractivity contribution < 1.29 is 13.9 Å². The van der Waals surface area contributed by atoms with Crippen molar-refractivity contribution in [3.05, 3.63) is 47.4 Å². The number of aromatic nitrogens is 2. The predicted octanol–water partition coefficient (Wildman–Crippen LogP) is 1.79. The maximum absolute atomic E-state index is 13.9. The van der Waals surface area contributed by atoms with Gasteiger partial charge in [-0.1, -0.05) is 12.1 Å². The number of carbonyl (C=O) groups is 1. The van der Waals surface area contributed by atoms with Crippen molar-refractivity contribution in [2.24, 2.45) is 11.8 Å². The maximum Gasteiger partial charge on any atom is 0.249 e. The van der Waals surface area contributed by atoms with Crippen molar-refractivity contribution in [1.82, 2.24) is 14.9 Å². The lowest BCUT2D eigenvalue weighted by molar-refractivity contribution is -0.136. The molecule has 0 radical (unpaired) electrons. The molecule has 0 saturated carbocycles. The van der Waals surface area contributed by atoms with E-state index < -0.39 is 0 Å². The number of carbonyl (C=O) groups excluding carboxylic acids is 1. The predicted molar refractivity (Wildman–Crippen MR) is 103 cm³/mol. The number of anilines is 2. The first kappa shape index (κ1) is 18.6. The highest BCUT2D eigenvalue weighted by atomic mass is 19.1. The molecule has 2 saturated heterocycles. The van der Waals surface area contributed by atoms with Gasteiger partial charge in [0, 0.05) is 50.3 Å². The number of nitrogen functional groups attached to an aromatic ring is 1. The summed E-state index contributed by atoms with van der Waals surface area (Å²) in [4.78, 5) is 25.4. The number of hydrogen-bond donors (Lipinski definition) is 1. The average Bonchev–Trinajstić information content (AvgIpc) is 3.22. The van der Waals surface area contributed by atoms with Gasteiger partial charge in [0.2, 0.25) is 11.9 Å². The van der Waals surface area contributed by atoms with Gasteiger partial charge in [0.15, 0.2) is 0 Å². The molecule has 0 spiro atoms. The smallest absolute Gasteiger partial charge is 0.249 e. The number of hydrogen-bond acceptors (Lipinski definition) is 6. The molecule has 2 fully saturated rings. The van der Waals surface area contributed by atoms with Gasteiger partial charge < -0.3 is 20.3 Å². The zero-order valence-electron chi connectivity index (χ0n) is 16.0. The van der Waals surface area contributed by atoms with Crippen molar-refractivity contribution in [1.29, 1.82) is 0 Å². The minimum atomic E-state index is -0.301. The normalized spacial score (nSPS) is 23.9. The summed E-state index contributed by atoms with van der Waals surface area (Å²) in [5.74, 6) is 1.11. The number of likely N-dealkylation sites (tertiary alicyclic amines) is 1. The van der Waals surface area contributed by atoms with Crippen molar-refractivity contribution in [3.63, 3.8) is 0 Å². The highest BCUT2D eigenvalue weighted by Crippen LogP contribution is 2.45. The summed E-state index contributed by atoms with van der Waals surface area (Å²) in [5.41, 5.74) is 7.60. The van der Waals surface area contributed by atoms with Crippen LogP contribution in [0.1, 0.15) is 17.2 Å². The lowest BCUT2D eigenvalue weighted by Crippen LogP contribution is -2.38. The van der Waals surface area contributed by atoms with E-state index >= 15 is 0 Å². The minimum Gasteiger partial charge on any atom is -0.383 e. The summed E-state index contributed by atoms with van der Waals surface area (Å²) in [7, 11) is 1.51. The Kier molecular flexibility index (Phi) is 4.89. The second-order valence-corrected chi connectivity index (χ2v) is 7.55. The fraction of sp³-hybridized carbons (Fsp3) is 0.450. The van der Waals surface area contributed by atoms with E-state index in [1.54, 1.807) is 12.3 Å². The van der Waals surface area contributed by atoms with E-state index in [4.69, 9.17) is 10.5 Å². The van der Waals surface area contributed by atoms with Crippen LogP contribution in [0.25, 0.3) is 0 Å². The van der Waals surface area contributed by atoms with E-state index in [2.05, 4.69) is 14.9 Å². The number of ether oxygens (including phenoxy) is 1. The van der Waals surface area contributed by atoms with E-state index in [-0.39, 0.29) is 36.2 Å². The third-order valence-electron chi connectivity index (χ3n) is 5.72. The van der Waals surface area contributed by atoms with E-state index in [1.165, 1.54) is 19.2 Å². The van der Waals surface area contributed by atoms with Gasteiger partial charge in [0.05, 0.1) is 6.04 Å². The summed E-state index contributed by atoms with van der Waals surface area (Å²) in [6.07, 6.45) is 1.73. The van der Waals surface area contributed by atoms with Crippen LogP contribution in [0.2, 0.25) is 0 Å². The number of nitrogens with two attached hydrogens (primary N) is 1. The molecule has 1 aromatic heterocycles. The Bertz CT molecular complexity index is 893. The first-order valence-electron chi connectivity index (χ1n) is 9.36. The third-order valence-corrected chi connectivity index (χ3v) is 5.72. The molecule has 3 atom stereocenters. The molecule has 2 N–H and O–H groups in total. The van der Waals surface area contributed by atoms with Crippen LogP contribution in [0, 0.1) is 24.6 Å². The highest BCUT2D eigenvalue weighted by Gasteiger charge is 2.49. The van der Waals surface area contributed by atoms with Crippen LogP contribution in [-0.4, -0.2) is 54.1 Å². The van der Waals surface area contributed by atoms with E-state index in [9.17, 15) is 9.18 Å². The van der Waals surface area contributed by atoms with Gasteiger partial charge in [-0.15, -0.1) is 0 Å². The Morgan fingerprint density at radius 2 is 2.18 bits per heavy atom. The molecule has 2 aromatic rings. The Balaban J connectivity index is 1.63. The number of halogens is 1. The molecule has 2 aliphatic heterocycles. The molecule has 7 nitrogen and oxygen atoms in total. The topological polar surface area (TPSA) is 84.6 Å². The van der Waals surface area contributed by atoms with Crippen LogP contribution < -0.4 is 10.6 Å². The first-order chi connectivity index (χ1) is 13.5. The van der Waals surface area contributed by atoms with Crippen molar-refractivity contribution in [3.8, 4) is 0 Å². The van der Waals surface area contributed by atoms with Gasteiger partial charge in [-0.25, -0.2) is 9.37 Å². The Morgan fingerprint density at radius 3 is 2.89 bits per heavy atom. The molecule has 2 aliphatic rings. The summed E-state index contributed by atoms with van der Waals surface area (Å²) in [5, 5.41) is 0. The van der Waals surface area contributed by atoms with Gasteiger partial charge in [0.1, 0.15) is 18.2 Å². The van der Waals surface area contributed by atoms with Crippen molar-refractivity contribution >= 4 is 17.7 Å². The Hall–Kier alpha value is -2.74. The molecule has 28 heavy (non-hydrogen) atoms. The summed E-state index contributed by atoms with van der Waals surface area (Å²) in [6.45, 7) is 3.91. The fourth-order valence-electron chi connectivity index (χ4n) is 4.39. The van der Waals surface area contributed by atoms with Crippen molar-refractivity contribution in [2.75, 3.05) is 44.0 Å². The molecule has 1 amide bonds. The van der Waals surface area contributed by atoms with Crippen LogP contribution in [0.3, 0.4) is 0 Å². The molecule has 0 bridgehead atoms. The van der Waals surface area contributed by atoms with Gasteiger partial charge in [-0.2, -0.15) is 4.98 Å². The van der Waals surface area contributed by atoms with Gasteiger partial charge in [0.25, 0.3) is 0 Å². The van der Waals surface area contributed by atoms with E-state index in [0.29, 0.717) is 24.9 Å². The summed E-state index contributed by atoms with van der Waals surface area (Å²) < 4.78 is 18.9. The molecule has 0 unspecified atom stereocenters. The molecule has 1 aromatic carbocycles. The van der Waals surface area contributed by atoms with Crippen LogP contribution in [-0.2, 0) is 9.53 Å². The molecular weight excluding hydrogens is 361 g/mol. The summed E-state index contributed by atoms with van der Waals surface area (Å²) >= 11 is 0. The number of benzene rings is 1. The zero-order chi connectivity index (χ0) is 19.8. The monoisotopic (exact) mass is 385 g/mol. The SMILES string of the molecule is COCC(=O)N1C[C@H]2CN(c3ncc(C)c(N)n3)C[C@H]2[C@@H]1c1cccc(F)c1. The zero-order valence-corrected chi connectivity index (χ0v) is 16.0. The number of amides is 1.